The molecule has 0 spiro atoms. The van der Waals surface area contributed by atoms with Gasteiger partial charge < -0.3 is 15.4 Å². The zero-order valence-electron chi connectivity index (χ0n) is 13.7. The molecule has 25 heavy (non-hydrogen) atoms. The number of pyridine rings is 2. The normalized spacial score (nSPS) is 10.4. The van der Waals surface area contributed by atoms with Crippen LogP contribution in [0.15, 0.2) is 55.2 Å². The summed E-state index contributed by atoms with van der Waals surface area (Å²) in [5.74, 6) is 0.993. The van der Waals surface area contributed by atoms with Gasteiger partial charge in [0.2, 0.25) is 0 Å². The quantitative estimate of drug-likeness (QED) is 0.640. The highest BCUT2D eigenvalue weighted by molar-refractivity contribution is 6.03. The molecule has 3 heterocycles. The molecule has 0 fully saturated rings. The molecule has 3 aromatic heterocycles. The minimum atomic E-state index is -0.295. The van der Waals surface area contributed by atoms with Gasteiger partial charge in [-0.2, -0.15) is 0 Å². The van der Waals surface area contributed by atoms with Gasteiger partial charge in [0, 0.05) is 44.0 Å². The summed E-state index contributed by atoms with van der Waals surface area (Å²) >= 11 is 0. The van der Waals surface area contributed by atoms with Crippen molar-refractivity contribution in [2.45, 2.75) is 0 Å². The van der Waals surface area contributed by atoms with Gasteiger partial charge in [-0.25, -0.2) is 15.0 Å². The summed E-state index contributed by atoms with van der Waals surface area (Å²) in [6.07, 6.45) is 6.68. The summed E-state index contributed by atoms with van der Waals surface area (Å²) in [6, 6.07) is 8.73. The van der Waals surface area contributed by atoms with Crippen molar-refractivity contribution >= 4 is 17.4 Å². The first-order chi connectivity index (χ1) is 12.3. The Hall–Kier alpha value is -3.26. The first-order valence-electron chi connectivity index (χ1n) is 7.72. The number of amides is 1. The van der Waals surface area contributed by atoms with Gasteiger partial charge in [-0.3, -0.25) is 9.36 Å². The third kappa shape index (κ3) is 4.39. The molecule has 2 N–H and O–H groups in total. The van der Waals surface area contributed by atoms with E-state index in [-0.39, 0.29) is 5.91 Å². The summed E-state index contributed by atoms with van der Waals surface area (Å²) in [4.78, 5) is 25.0. The summed E-state index contributed by atoms with van der Waals surface area (Å²) in [6.45, 7) is 1.21. The van der Waals surface area contributed by atoms with Crippen molar-refractivity contribution in [2.24, 2.45) is 0 Å². The molecule has 8 heteroatoms. The molecule has 3 rings (SSSR count). The largest absolute Gasteiger partial charge is 0.383 e. The van der Waals surface area contributed by atoms with Gasteiger partial charge >= 0.3 is 0 Å². The number of nitrogens with one attached hydrogen (secondary N) is 2. The van der Waals surface area contributed by atoms with Crippen LogP contribution < -0.4 is 10.6 Å². The van der Waals surface area contributed by atoms with E-state index in [1.165, 1.54) is 0 Å². The number of ether oxygens (including phenoxy) is 1. The van der Waals surface area contributed by atoms with Crippen molar-refractivity contribution in [1.82, 2.24) is 19.5 Å². The van der Waals surface area contributed by atoms with Gasteiger partial charge in [-0.1, -0.05) is 6.07 Å². The molecule has 0 atom stereocenters. The Labute approximate surface area is 144 Å². The topological polar surface area (TPSA) is 94.0 Å². The Balaban J connectivity index is 1.70. The maximum Gasteiger partial charge on any atom is 0.274 e. The number of aromatic nitrogens is 4. The monoisotopic (exact) mass is 338 g/mol. The van der Waals surface area contributed by atoms with Gasteiger partial charge in [0.1, 0.15) is 23.7 Å². The average Bonchev–Trinajstić information content (AvgIpc) is 3.17. The minimum absolute atomic E-state index is 0.295. The van der Waals surface area contributed by atoms with Crippen molar-refractivity contribution in [2.75, 3.05) is 30.9 Å². The summed E-state index contributed by atoms with van der Waals surface area (Å²) in [5, 5.41) is 5.94. The van der Waals surface area contributed by atoms with E-state index in [1.54, 1.807) is 60.9 Å². The molecule has 8 nitrogen and oxygen atoms in total. The number of methoxy groups -OCH3 is 1. The second-order valence-corrected chi connectivity index (χ2v) is 5.15. The Morgan fingerprint density at radius 3 is 3.00 bits per heavy atom. The summed E-state index contributed by atoms with van der Waals surface area (Å²) in [7, 11) is 1.64. The van der Waals surface area contributed by atoms with Gasteiger partial charge in [0.15, 0.2) is 0 Å². The zero-order chi connectivity index (χ0) is 17.5. The van der Waals surface area contributed by atoms with Crippen LogP contribution in [0.4, 0.5) is 11.5 Å². The van der Waals surface area contributed by atoms with E-state index in [4.69, 9.17) is 4.74 Å². The van der Waals surface area contributed by atoms with Crippen LogP contribution in [-0.2, 0) is 4.74 Å². The van der Waals surface area contributed by atoms with Crippen molar-refractivity contribution < 1.29 is 9.53 Å². The molecule has 1 amide bonds. The number of rotatable bonds is 7. The lowest BCUT2D eigenvalue weighted by atomic mass is 10.3. The number of imidazole rings is 1. The van der Waals surface area contributed by atoms with Gasteiger partial charge in [0.25, 0.3) is 5.91 Å². The highest BCUT2D eigenvalue weighted by atomic mass is 16.5. The van der Waals surface area contributed by atoms with E-state index < -0.39 is 0 Å². The second-order valence-electron chi connectivity index (χ2n) is 5.15. The van der Waals surface area contributed by atoms with Crippen LogP contribution in [0.3, 0.4) is 0 Å². The predicted octanol–water partition coefficient (Wildman–Crippen LogP) is 1.97. The standard InChI is InChI=1S/C17H18N6O2/c1-25-10-8-20-15-11-13(5-6-19-15)21-17(24)14-3-2-4-16(22-14)23-9-7-18-12-23/h2-7,9,11-12H,8,10H2,1H3,(H2,19,20,21,24). The van der Waals surface area contributed by atoms with Crippen LogP contribution in [0.25, 0.3) is 5.82 Å². The van der Waals surface area contributed by atoms with Crippen molar-refractivity contribution in [1.29, 1.82) is 0 Å². The maximum absolute atomic E-state index is 12.4. The molecular weight excluding hydrogens is 320 g/mol. The van der Waals surface area contributed by atoms with E-state index in [9.17, 15) is 4.79 Å². The van der Waals surface area contributed by atoms with Crippen molar-refractivity contribution in [3.8, 4) is 5.82 Å². The fourth-order valence-corrected chi connectivity index (χ4v) is 2.17. The first kappa shape index (κ1) is 16.6. The summed E-state index contributed by atoms with van der Waals surface area (Å²) in [5.41, 5.74) is 0.951. The number of hydrogen-bond acceptors (Lipinski definition) is 6. The second kappa shape index (κ2) is 8.02. The van der Waals surface area contributed by atoms with Gasteiger partial charge in [-0.05, 0) is 18.2 Å². The Morgan fingerprint density at radius 1 is 1.28 bits per heavy atom. The molecule has 0 aromatic carbocycles. The summed E-state index contributed by atoms with van der Waals surface area (Å²) < 4.78 is 6.72. The molecular formula is C17H18N6O2. The van der Waals surface area contributed by atoms with Crippen LogP contribution in [0.2, 0.25) is 0 Å². The lowest BCUT2D eigenvalue weighted by Crippen LogP contribution is -2.15. The van der Waals surface area contributed by atoms with Crippen LogP contribution in [-0.4, -0.2) is 45.7 Å². The zero-order valence-corrected chi connectivity index (χ0v) is 13.7. The van der Waals surface area contributed by atoms with E-state index in [1.807, 2.05) is 6.07 Å². The molecule has 0 saturated carbocycles. The molecule has 0 aliphatic rings. The fourth-order valence-electron chi connectivity index (χ4n) is 2.17. The van der Waals surface area contributed by atoms with Crippen LogP contribution in [0.1, 0.15) is 10.5 Å². The Kier molecular flexibility index (Phi) is 5.32. The Morgan fingerprint density at radius 2 is 2.20 bits per heavy atom. The first-order valence-corrected chi connectivity index (χ1v) is 7.72. The molecule has 3 aromatic rings. The SMILES string of the molecule is COCCNc1cc(NC(=O)c2cccc(-n3ccnc3)n2)ccn1. The van der Waals surface area contributed by atoms with E-state index >= 15 is 0 Å². The van der Waals surface area contributed by atoms with Crippen molar-refractivity contribution in [3.63, 3.8) is 0 Å². The third-order valence-corrected chi connectivity index (χ3v) is 3.37. The van der Waals surface area contributed by atoms with Crippen LogP contribution >= 0.6 is 0 Å². The number of hydrogen-bond donors (Lipinski definition) is 2. The maximum atomic E-state index is 12.4. The lowest BCUT2D eigenvalue weighted by Gasteiger charge is -2.09. The van der Waals surface area contributed by atoms with E-state index in [0.29, 0.717) is 36.2 Å². The molecule has 0 bridgehead atoms. The molecule has 0 aliphatic heterocycles. The highest BCUT2D eigenvalue weighted by Crippen LogP contribution is 2.13. The van der Waals surface area contributed by atoms with E-state index in [2.05, 4.69) is 25.6 Å². The van der Waals surface area contributed by atoms with Gasteiger partial charge in [0.05, 0.1) is 6.61 Å². The number of carbonyl (C=O) groups is 1. The number of carbonyl (C=O) groups excluding carboxylic acids is 1. The molecule has 128 valence electrons. The van der Waals surface area contributed by atoms with Crippen LogP contribution in [0, 0.1) is 0 Å². The smallest absolute Gasteiger partial charge is 0.274 e. The number of nitrogens with zero attached hydrogens (tertiary/aromatic N) is 4. The predicted molar refractivity (Wildman–Crippen MR) is 93.9 cm³/mol. The fraction of sp³-hybridized carbons (Fsp3) is 0.176. The number of anilines is 2. The molecule has 0 saturated heterocycles. The average molecular weight is 338 g/mol. The lowest BCUT2D eigenvalue weighted by molar-refractivity contribution is 0.102. The van der Waals surface area contributed by atoms with Crippen LogP contribution in [0.5, 0.6) is 0 Å². The Bertz CT molecular complexity index is 835. The highest BCUT2D eigenvalue weighted by Gasteiger charge is 2.10. The molecule has 0 aliphatic carbocycles. The van der Waals surface area contributed by atoms with E-state index in [0.717, 1.165) is 0 Å². The third-order valence-electron chi connectivity index (χ3n) is 3.37. The molecule has 0 unspecified atom stereocenters. The van der Waals surface area contributed by atoms with Gasteiger partial charge in [-0.15, -0.1) is 0 Å². The van der Waals surface area contributed by atoms with Crippen molar-refractivity contribution in [3.05, 3.63) is 60.9 Å². The minimum Gasteiger partial charge on any atom is -0.383 e. The molecule has 0 radical (unpaired) electrons.